The van der Waals surface area contributed by atoms with Crippen molar-refractivity contribution in [3.63, 3.8) is 0 Å². The number of carbonyl (C=O) groups is 1. The molecule has 18 heavy (non-hydrogen) atoms. The van der Waals surface area contributed by atoms with E-state index < -0.39 is 22.8 Å². The van der Waals surface area contributed by atoms with Gasteiger partial charge in [-0.05, 0) is 29.7 Å². The molecule has 0 bridgehead atoms. The number of hydrogen-bond acceptors (Lipinski definition) is 3. The highest BCUT2D eigenvalue weighted by Crippen LogP contribution is 2.19. The molecule has 0 aliphatic carbocycles. The Balaban J connectivity index is 1.81. The molecular weight excluding hydrogens is 250 g/mol. The van der Waals surface area contributed by atoms with Gasteiger partial charge >= 0.3 is 6.09 Å². The first-order valence-electron chi connectivity index (χ1n) is 5.63. The average molecular weight is 265 g/mol. The topological polar surface area (TPSA) is 61.4 Å². The summed E-state index contributed by atoms with van der Waals surface area (Å²) in [5.41, 5.74) is 0.363. The van der Waals surface area contributed by atoms with Gasteiger partial charge in [-0.25, -0.2) is 4.79 Å². The van der Waals surface area contributed by atoms with E-state index in [0.717, 1.165) is 5.56 Å². The summed E-state index contributed by atoms with van der Waals surface area (Å²) in [5.74, 6) is 0.396. The molecule has 1 heterocycles. The van der Waals surface area contributed by atoms with Crippen LogP contribution in [0.1, 0.15) is 12.5 Å². The van der Waals surface area contributed by atoms with Gasteiger partial charge in [-0.3, -0.25) is 0 Å². The molecule has 1 N–H and O–H groups in total. The molecule has 96 valence electrons. The minimum Gasteiger partial charge on any atom is -0.612 e. The van der Waals surface area contributed by atoms with Crippen molar-refractivity contribution in [3.05, 3.63) is 47.4 Å². The Morgan fingerprint density at radius 2 is 2.22 bits per heavy atom. The van der Waals surface area contributed by atoms with Gasteiger partial charge in [-0.1, -0.05) is 30.3 Å². The minimum absolute atomic E-state index is 0.232. The predicted octanol–water partition coefficient (Wildman–Crippen LogP) is 1.95. The Kier molecular flexibility index (Phi) is 3.93. The van der Waals surface area contributed by atoms with E-state index in [-0.39, 0.29) is 6.61 Å². The van der Waals surface area contributed by atoms with Crippen LogP contribution in [0.5, 0.6) is 0 Å². The number of carbonyl (C=O) groups excluding carboxylic acids is 1. The molecule has 0 spiro atoms. The molecule has 1 amide bonds. The van der Waals surface area contributed by atoms with Crippen LogP contribution in [0, 0.1) is 0 Å². The van der Waals surface area contributed by atoms with Crippen LogP contribution in [0.15, 0.2) is 41.8 Å². The van der Waals surface area contributed by atoms with Crippen molar-refractivity contribution in [1.29, 1.82) is 0 Å². The minimum atomic E-state index is -0.999. The Labute approximate surface area is 109 Å². The normalized spacial score (nSPS) is 26.0. The van der Waals surface area contributed by atoms with E-state index in [2.05, 4.69) is 5.32 Å². The van der Waals surface area contributed by atoms with E-state index >= 15 is 0 Å². The fraction of sp³-hybridized carbons (Fsp3) is 0.308. The lowest BCUT2D eigenvalue weighted by molar-refractivity contribution is 0.133. The molecule has 2 atom stereocenters. The number of nitrogens with one attached hydrogen (secondary N) is 1. The zero-order valence-corrected chi connectivity index (χ0v) is 10.9. The number of amides is 1. The smallest absolute Gasteiger partial charge is 0.408 e. The molecule has 1 aliphatic heterocycles. The van der Waals surface area contributed by atoms with Gasteiger partial charge < -0.3 is 14.6 Å². The molecule has 1 aliphatic rings. The third-order valence-corrected chi connectivity index (χ3v) is 3.95. The van der Waals surface area contributed by atoms with E-state index in [4.69, 9.17) is 4.74 Å². The molecule has 0 fully saturated rings. The Bertz CT molecular complexity index is 449. The number of benzene rings is 1. The number of alkyl carbamates (subject to hydrolysis) is 1. The van der Waals surface area contributed by atoms with Crippen LogP contribution < -0.4 is 5.32 Å². The van der Waals surface area contributed by atoms with E-state index in [1.165, 1.54) is 0 Å². The number of ether oxygens (including phenoxy) is 1. The summed E-state index contributed by atoms with van der Waals surface area (Å²) >= 11 is -0.999. The molecule has 4 nitrogen and oxygen atoms in total. The largest absolute Gasteiger partial charge is 0.612 e. The fourth-order valence-electron chi connectivity index (χ4n) is 1.69. The Morgan fingerprint density at radius 3 is 2.83 bits per heavy atom. The lowest BCUT2D eigenvalue weighted by atomic mass is 10.1. The van der Waals surface area contributed by atoms with Crippen molar-refractivity contribution in [1.82, 2.24) is 5.32 Å². The summed E-state index contributed by atoms with van der Waals surface area (Å²) in [5, 5.41) is 4.31. The molecule has 0 saturated carbocycles. The van der Waals surface area contributed by atoms with Crippen molar-refractivity contribution in [2.24, 2.45) is 0 Å². The standard InChI is InChI=1S/C13H15NO3S/c1-13(7-8-18(16)10-13)14-12(15)17-9-11-5-3-2-4-6-11/h2-8H,9-10H2,1H3,(H,14,15)/t13-,18+/m1/s1. The third kappa shape index (κ3) is 3.51. The second kappa shape index (κ2) is 5.46. The van der Waals surface area contributed by atoms with Crippen molar-refractivity contribution >= 4 is 17.3 Å². The fourth-order valence-corrected chi connectivity index (χ4v) is 3.00. The molecular formula is C13H15NO3S. The predicted molar refractivity (Wildman–Crippen MR) is 70.3 cm³/mol. The van der Waals surface area contributed by atoms with Gasteiger partial charge in [-0.2, -0.15) is 0 Å². The molecule has 5 heteroatoms. The SMILES string of the molecule is C[C@@]1(NC(=O)OCc2ccccc2)C=C[S@+]([O-])C1. The van der Waals surface area contributed by atoms with Gasteiger partial charge in [0.1, 0.15) is 23.3 Å². The quantitative estimate of drug-likeness (QED) is 0.850. The number of rotatable bonds is 3. The summed E-state index contributed by atoms with van der Waals surface area (Å²) in [6, 6.07) is 9.46. The Morgan fingerprint density at radius 1 is 1.50 bits per heavy atom. The molecule has 0 saturated heterocycles. The van der Waals surface area contributed by atoms with Crippen molar-refractivity contribution in [3.8, 4) is 0 Å². The summed E-state index contributed by atoms with van der Waals surface area (Å²) in [6.07, 6.45) is 1.25. The van der Waals surface area contributed by atoms with Crippen LogP contribution in [0.4, 0.5) is 4.79 Å². The van der Waals surface area contributed by atoms with Crippen molar-refractivity contribution in [2.45, 2.75) is 19.1 Å². The first-order chi connectivity index (χ1) is 8.57. The van der Waals surface area contributed by atoms with E-state index in [0.29, 0.717) is 5.75 Å². The van der Waals surface area contributed by atoms with E-state index in [1.54, 1.807) is 11.5 Å². The highest BCUT2D eigenvalue weighted by atomic mass is 32.2. The van der Waals surface area contributed by atoms with Crippen LogP contribution in [0.2, 0.25) is 0 Å². The van der Waals surface area contributed by atoms with E-state index in [9.17, 15) is 9.35 Å². The van der Waals surface area contributed by atoms with Crippen LogP contribution in [0.3, 0.4) is 0 Å². The maximum atomic E-state index is 11.6. The van der Waals surface area contributed by atoms with Crippen LogP contribution in [0.25, 0.3) is 0 Å². The molecule has 1 aromatic carbocycles. The molecule has 0 aromatic heterocycles. The van der Waals surface area contributed by atoms with Gasteiger partial charge in [-0.15, -0.1) is 0 Å². The van der Waals surface area contributed by atoms with Crippen molar-refractivity contribution < 1.29 is 14.1 Å². The van der Waals surface area contributed by atoms with Crippen LogP contribution in [-0.4, -0.2) is 21.9 Å². The monoisotopic (exact) mass is 265 g/mol. The molecule has 0 unspecified atom stereocenters. The molecule has 2 rings (SSSR count). The van der Waals surface area contributed by atoms with Crippen molar-refractivity contribution in [2.75, 3.05) is 5.75 Å². The van der Waals surface area contributed by atoms with Gasteiger partial charge in [0.25, 0.3) is 0 Å². The van der Waals surface area contributed by atoms with Crippen LogP contribution in [-0.2, 0) is 22.5 Å². The summed E-state index contributed by atoms with van der Waals surface area (Å²) < 4.78 is 16.4. The highest BCUT2D eigenvalue weighted by Gasteiger charge is 2.34. The first-order valence-corrected chi connectivity index (χ1v) is 7.01. The van der Waals surface area contributed by atoms with Gasteiger partial charge in [0, 0.05) is 0 Å². The third-order valence-electron chi connectivity index (χ3n) is 2.63. The number of hydrogen-bond donors (Lipinski definition) is 1. The van der Waals surface area contributed by atoms with Gasteiger partial charge in [0.2, 0.25) is 0 Å². The first kappa shape index (κ1) is 13.0. The maximum Gasteiger partial charge on any atom is 0.408 e. The summed E-state index contributed by atoms with van der Waals surface area (Å²) in [4.78, 5) is 11.6. The molecule has 1 aromatic rings. The van der Waals surface area contributed by atoms with Gasteiger partial charge in [0.05, 0.1) is 0 Å². The second-order valence-corrected chi connectivity index (χ2v) is 5.75. The average Bonchev–Trinajstić information content (AvgIpc) is 2.68. The second-order valence-electron chi connectivity index (χ2n) is 4.43. The summed E-state index contributed by atoms with van der Waals surface area (Å²) in [6.45, 7) is 2.05. The molecule has 0 radical (unpaired) electrons. The van der Waals surface area contributed by atoms with Crippen LogP contribution >= 0.6 is 0 Å². The lowest BCUT2D eigenvalue weighted by Gasteiger charge is -2.21. The Hall–Kier alpha value is -1.46. The zero-order valence-electron chi connectivity index (χ0n) is 10.1. The summed E-state index contributed by atoms with van der Waals surface area (Å²) in [7, 11) is 0. The zero-order chi connectivity index (χ0) is 13.0. The lowest BCUT2D eigenvalue weighted by Crippen LogP contribution is -2.46. The van der Waals surface area contributed by atoms with E-state index in [1.807, 2.05) is 37.3 Å². The van der Waals surface area contributed by atoms with Gasteiger partial charge in [0.15, 0.2) is 0 Å². The maximum absolute atomic E-state index is 11.6. The highest BCUT2D eigenvalue weighted by molar-refractivity contribution is 7.94.